The highest BCUT2D eigenvalue weighted by atomic mass is 19.3. The number of hydrogen-bond acceptors (Lipinski definition) is 3. The van der Waals surface area contributed by atoms with Gasteiger partial charge in [0.2, 0.25) is 0 Å². The highest BCUT2D eigenvalue weighted by Gasteiger charge is 2.18. The quantitative estimate of drug-likeness (QED) is 0.790. The van der Waals surface area contributed by atoms with Gasteiger partial charge in [0, 0.05) is 31.8 Å². The van der Waals surface area contributed by atoms with E-state index in [0.29, 0.717) is 13.2 Å². The fourth-order valence-corrected chi connectivity index (χ4v) is 2.14. The van der Waals surface area contributed by atoms with Crippen LogP contribution >= 0.6 is 0 Å². The van der Waals surface area contributed by atoms with E-state index in [0.717, 1.165) is 18.7 Å². The van der Waals surface area contributed by atoms with Crippen LogP contribution in [0.25, 0.3) is 0 Å². The minimum Gasteiger partial charge on any atom is -0.383 e. The maximum atomic E-state index is 12.7. The molecule has 0 spiro atoms. The monoisotopic (exact) mass is 272 g/mol. The highest BCUT2D eigenvalue weighted by Crippen LogP contribution is 2.25. The molecular weight excluding hydrogens is 250 g/mol. The zero-order chi connectivity index (χ0) is 14.3. The molecule has 5 heteroatoms. The van der Waals surface area contributed by atoms with E-state index in [-0.39, 0.29) is 11.6 Å². The first-order valence-electron chi connectivity index (χ1n) is 6.45. The molecule has 0 aliphatic rings. The number of benzene rings is 1. The summed E-state index contributed by atoms with van der Waals surface area (Å²) in [7, 11) is 1.64. The molecule has 3 nitrogen and oxygen atoms in total. The molecule has 1 aromatic rings. The first-order chi connectivity index (χ1) is 9.13. The van der Waals surface area contributed by atoms with Gasteiger partial charge in [-0.3, -0.25) is 4.90 Å². The van der Waals surface area contributed by atoms with E-state index >= 15 is 0 Å². The van der Waals surface area contributed by atoms with Crippen LogP contribution in [0.4, 0.5) is 8.78 Å². The Morgan fingerprint density at radius 1 is 1.32 bits per heavy atom. The van der Waals surface area contributed by atoms with Gasteiger partial charge >= 0.3 is 0 Å². The predicted molar refractivity (Wildman–Crippen MR) is 72.3 cm³/mol. The van der Waals surface area contributed by atoms with Crippen molar-refractivity contribution in [2.24, 2.45) is 5.73 Å². The molecule has 0 fully saturated rings. The fraction of sp³-hybridized carbons (Fsp3) is 0.571. The molecule has 0 aliphatic heterocycles. The molecule has 1 rings (SSSR count). The first kappa shape index (κ1) is 16.0. The molecule has 0 amide bonds. The molecule has 2 N–H and O–H groups in total. The summed E-state index contributed by atoms with van der Waals surface area (Å²) in [5, 5.41) is 0. The number of nitrogens with zero attached hydrogens (tertiary/aromatic N) is 1. The minimum absolute atomic E-state index is 0.0405. The van der Waals surface area contributed by atoms with Crippen LogP contribution in [0.15, 0.2) is 24.3 Å². The van der Waals surface area contributed by atoms with Gasteiger partial charge in [-0.1, -0.05) is 25.1 Å². The van der Waals surface area contributed by atoms with Crippen molar-refractivity contribution in [1.29, 1.82) is 0 Å². The molecule has 0 heterocycles. The number of nitrogens with two attached hydrogens (primary N) is 1. The maximum Gasteiger partial charge on any atom is 0.263 e. The number of alkyl halides is 2. The number of likely N-dealkylation sites (N-methyl/N-ethyl adjacent to an activating group) is 1. The third-order valence-corrected chi connectivity index (χ3v) is 3.20. The van der Waals surface area contributed by atoms with Crippen molar-refractivity contribution in [3.8, 4) is 0 Å². The van der Waals surface area contributed by atoms with Crippen LogP contribution in [-0.2, 0) is 4.74 Å². The van der Waals surface area contributed by atoms with E-state index < -0.39 is 6.43 Å². The standard InChI is InChI=1S/C14H22F2N2O/c1-3-18(7-8-19-2)13(10-17)11-5-4-6-12(9-11)14(15)16/h4-6,9,13-14H,3,7-8,10,17H2,1-2H3. The van der Waals surface area contributed by atoms with Crippen molar-refractivity contribution in [3.63, 3.8) is 0 Å². The van der Waals surface area contributed by atoms with Gasteiger partial charge < -0.3 is 10.5 Å². The summed E-state index contributed by atoms with van der Waals surface area (Å²) in [4.78, 5) is 2.13. The van der Waals surface area contributed by atoms with Crippen LogP contribution < -0.4 is 5.73 Å². The number of halogens is 2. The summed E-state index contributed by atoms with van der Waals surface area (Å²) in [5.41, 5.74) is 6.68. The van der Waals surface area contributed by atoms with E-state index in [1.807, 2.05) is 13.0 Å². The molecule has 1 aromatic carbocycles. The van der Waals surface area contributed by atoms with E-state index in [2.05, 4.69) is 4.90 Å². The van der Waals surface area contributed by atoms with Crippen molar-refractivity contribution in [2.45, 2.75) is 19.4 Å². The molecular formula is C14H22F2N2O. The summed E-state index contributed by atoms with van der Waals surface area (Å²) in [6.07, 6.45) is -2.45. The second kappa shape index (κ2) is 8.19. The van der Waals surface area contributed by atoms with Gasteiger partial charge in [-0.25, -0.2) is 8.78 Å². The average Bonchev–Trinajstić information content (AvgIpc) is 2.43. The van der Waals surface area contributed by atoms with Gasteiger partial charge in [0.25, 0.3) is 6.43 Å². The Kier molecular flexibility index (Phi) is 6.91. The zero-order valence-electron chi connectivity index (χ0n) is 11.5. The molecule has 0 aromatic heterocycles. The van der Waals surface area contributed by atoms with Crippen molar-refractivity contribution < 1.29 is 13.5 Å². The third-order valence-electron chi connectivity index (χ3n) is 3.20. The predicted octanol–water partition coefficient (Wildman–Crippen LogP) is 2.59. The van der Waals surface area contributed by atoms with Crippen molar-refractivity contribution in [2.75, 3.05) is 33.4 Å². The van der Waals surface area contributed by atoms with Gasteiger partial charge in [-0.2, -0.15) is 0 Å². The normalized spacial score (nSPS) is 13.2. The van der Waals surface area contributed by atoms with Gasteiger partial charge in [0.1, 0.15) is 0 Å². The second-order valence-electron chi connectivity index (χ2n) is 4.34. The summed E-state index contributed by atoms with van der Waals surface area (Å²) in [5.74, 6) is 0. The van der Waals surface area contributed by atoms with E-state index in [1.165, 1.54) is 12.1 Å². The molecule has 0 aliphatic carbocycles. The molecule has 108 valence electrons. The Bertz CT molecular complexity index is 374. The Balaban J connectivity index is 2.91. The molecule has 0 saturated carbocycles. The number of ether oxygens (including phenoxy) is 1. The van der Waals surface area contributed by atoms with Crippen molar-refractivity contribution >= 4 is 0 Å². The van der Waals surface area contributed by atoms with E-state index in [9.17, 15) is 8.78 Å². The molecule has 1 unspecified atom stereocenters. The smallest absolute Gasteiger partial charge is 0.263 e. The van der Waals surface area contributed by atoms with Crippen LogP contribution in [-0.4, -0.2) is 38.3 Å². The lowest BCUT2D eigenvalue weighted by Gasteiger charge is -2.30. The molecule has 0 radical (unpaired) electrons. The summed E-state index contributed by atoms with van der Waals surface area (Å²) in [6.45, 7) is 4.54. The van der Waals surface area contributed by atoms with Crippen LogP contribution in [0.1, 0.15) is 30.5 Å². The first-order valence-corrected chi connectivity index (χ1v) is 6.45. The lowest BCUT2D eigenvalue weighted by Crippen LogP contribution is -2.36. The van der Waals surface area contributed by atoms with Crippen LogP contribution in [0.2, 0.25) is 0 Å². The SMILES string of the molecule is CCN(CCOC)C(CN)c1cccc(C(F)F)c1. The summed E-state index contributed by atoms with van der Waals surface area (Å²) in [6, 6.07) is 6.42. The van der Waals surface area contributed by atoms with Crippen LogP contribution in [0.5, 0.6) is 0 Å². The maximum absolute atomic E-state index is 12.7. The fourth-order valence-electron chi connectivity index (χ4n) is 2.14. The average molecular weight is 272 g/mol. The van der Waals surface area contributed by atoms with Gasteiger partial charge in [0.05, 0.1) is 6.61 Å². The van der Waals surface area contributed by atoms with Crippen LogP contribution in [0.3, 0.4) is 0 Å². The topological polar surface area (TPSA) is 38.5 Å². The molecule has 1 atom stereocenters. The Labute approximate surface area is 113 Å². The summed E-state index contributed by atoms with van der Waals surface area (Å²) >= 11 is 0. The van der Waals surface area contributed by atoms with E-state index in [1.54, 1.807) is 13.2 Å². The lowest BCUT2D eigenvalue weighted by atomic mass is 10.0. The second-order valence-corrected chi connectivity index (χ2v) is 4.34. The third kappa shape index (κ3) is 4.53. The van der Waals surface area contributed by atoms with Gasteiger partial charge in [0.15, 0.2) is 0 Å². The Morgan fingerprint density at radius 2 is 2.00 bits per heavy atom. The van der Waals surface area contributed by atoms with Crippen molar-refractivity contribution in [1.82, 2.24) is 4.90 Å². The molecule has 0 saturated heterocycles. The minimum atomic E-state index is -2.45. The molecule has 0 bridgehead atoms. The number of methoxy groups -OCH3 is 1. The highest BCUT2D eigenvalue weighted by molar-refractivity contribution is 5.27. The van der Waals surface area contributed by atoms with Crippen LogP contribution in [0, 0.1) is 0 Å². The summed E-state index contributed by atoms with van der Waals surface area (Å²) < 4.78 is 30.5. The van der Waals surface area contributed by atoms with Crippen molar-refractivity contribution in [3.05, 3.63) is 35.4 Å². The Morgan fingerprint density at radius 3 is 2.53 bits per heavy atom. The number of hydrogen-bond donors (Lipinski definition) is 1. The van der Waals surface area contributed by atoms with Gasteiger partial charge in [-0.05, 0) is 18.2 Å². The van der Waals surface area contributed by atoms with Gasteiger partial charge in [-0.15, -0.1) is 0 Å². The Hall–Kier alpha value is -1.04. The zero-order valence-corrected chi connectivity index (χ0v) is 11.5. The van der Waals surface area contributed by atoms with E-state index in [4.69, 9.17) is 10.5 Å². The lowest BCUT2D eigenvalue weighted by molar-refractivity contribution is 0.125. The number of rotatable bonds is 8. The molecule has 19 heavy (non-hydrogen) atoms. The largest absolute Gasteiger partial charge is 0.383 e.